The number of nitrogens with zero attached hydrogens (tertiary/aromatic N) is 1. The number of aliphatic hydroxyl groups excluding tert-OH is 1. The molecule has 0 aromatic carbocycles. The van der Waals surface area contributed by atoms with Gasteiger partial charge in [-0.3, -0.25) is 9.69 Å². The number of likely N-dealkylation sites (tertiary alicyclic amines) is 1. The average Bonchev–Trinajstić information content (AvgIpc) is 2.93. The summed E-state index contributed by atoms with van der Waals surface area (Å²) in [6, 6.07) is 0.529. The van der Waals surface area contributed by atoms with Gasteiger partial charge in [-0.2, -0.15) is 0 Å². The normalized spacial score (nSPS) is 51.4. The molecule has 0 aromatic rings. The molecule has 4 rings (SSSR count). The maximum Gasteiger partial charge on any atom is 0.303 e. The van der Waals surface area contributed by atoms with E-state index in [1.54, 1.807) is 0 Å². The number of carboxylic acids is 1. The first kappa shape index (κ1) is 18.7. The Morgan fingerprint density at radius 1 is 1.00 bits per heavy atom. The first-order valence-corrected chi connectivity index (χ1v) is 10.9. The molecule has 3 saturated carbocycles. The standard InChI is InChI=1S/C22H37NO3/c1-21-12-10-17-15(16(21)7-4-14(21)5-9-20(25)26)6-8-18-22(17,2)13-11-19(24)23(18)3/h14-19,24H,4-13H2,1-3H3,(H,25,26)/t14-,15?,16?,17?,18-,19?,21-,22-/m1/s1. The van der Waals surface area contributed by atoms with Crippen LogP contribution in [0.2, 0.25) is 0 Å². The van der Waals surface area contributed by atoms with E-state index in [9.17, 15) is 9.90 Å². The summed E-state index contributed by atoms with van der Waals surface area (Å²) in [6.07, 6.45) is 10.7. The molecule has 0 bridgehead atoms. The van der Waals surface area contributed by atoms with Crippen LogP contribution in [0.25, 0.3) is 0 Å². The van der Waals surface area contributed by atoms with Gasteiger partial charge < -0.3 is 10.2 Å². The summed E-state index contributed by atoms with van der Waals surface area (Å²) in [7, 11) is 2.12. The van der Waals surface area contributed by atoms with E-state index in [2.05, 4.69) is 25.8 Å². The van der Waals surface area contributed by atoms with Crippen LogP contribution in [-0.2, 0) is 4.79 Å². The zero-order chi connectivity index (χ0) is 18.7. The quantitative estimate of drug-likeness (QED) is 0.792. The molecule has 0 spiro atoms. The first-order chi connectivity index (χ1) is 12.3. The third-order valence-electron chi connectivity index (χ3n) is 9.62. The van der Waals surface area contributed by atoms with E-state index in [-0.39, 0.29) is 6.23 Å². The number of hydrogen-bond donors (Lipinski definition) is 2. The second kappa shape index (κ2) is 6.48. The van der Waals surface area contributed by atoms with Gasteiger partial charge in [0, 0.05) is 12.5 Å². The van der Waals surface area contributed by atoms with Gasteiger partial charge >= 0.3 is 5.97 Å². The van der Waals surface area contributed by atoms with Crippen LogP contribution in [-0.4, -0.2) is 40.4 Å². The van der Waals surface area contributed by atoms with Crippen LogP contribution in [0.3, 0.4) is 0 Å². The molecule has 0 radical (unpaired) electrons. The van der Waals surface area contributed by atoms with E-state index in [0.29, 0.717) is 29.2 Å². The lowest BCUT2D eigenvalue weighted by molar-refractivity contribution is -0.168. The number of aliphatic carboxylic acids is 1. The van der Waals surface area contributed by atoms with E-state index in [4.69, 9.17) is 5.11 Å². The van der Waals surface area contributed by atoms with Crippen LogP contribution in [0.1, 0.15) is 78.1 Å². The zero-order valence-corrected chi connectivity index (χ0v) is 16.8. The van der Waals surface area contributed by atoms with Crippen molar-refractivity contribution >= 4 is 5.97 Å². The maximum absolute atomic E-state index is 11.1. The van der Waals surface area contributed by atoms with E-state index in [1.165, 1.54) is 38.5 Å². The van der Waals surface area contributed by atoms with E-state index in [0.717, 1.165) is 37.0 Å². The highest BCUT2D eigenvalue weighted by molar-refractivity contribution is 5.66. The number of hydrogen-bond acceptors (Lipinski definition) is 3. The van der Waals surface area contributed by atoms with E-state index >= 15 is 0 Å². The third-order valence-corrected chi connectivity index (χ3v) is 9.62. The van der Waals surface area contributed by atoms with Crippen molar-refractivity contribution in [3.05, 3.63) is 0 Å². The summed E-state index contributed by atoms with van der Waals surface area (Å²) >= 11 is 0. The lowest BCUT2D eigenvalue weighted by atomic mass is 9.46. The average molecular weight is 364 g/mol. The summed E-state index contributed by atoms with van der Waals surface area (Å²) in [6.45, 7) is 5.00. The first-order valence-electron chi connectivity index (χ1n) is 10.9. The van der Waals surface area contributed by atoms with Gasteiger partial charge in [-0.25, -0.2) is 0 Å². The van der Waals surface area contributed by atoms with Crippen LogP contribution in [0.5, 0.6) is 0 Å². The van der Waals surface area contributed by atoms with Gasteiger partial charge in [0.1, 0.15) is 6.23 Å². The Hall–Kier alpha value is -0.610. The molecule has 148 valence electrons. The Morgan fingerprint density at radius 3 is 2.42 bits per heavy atom. The fourth-order valence-electron chi connectivity index (χ4n) is 8.19. The molecular weight excluding hydrogens is 326 g/mol. The van der Waals surface area contributed by atoms with Crippen molar-refractivity contribution in [2.75, 3.05) is 7.05 Å². The van der Waals surface area contributed by atoms with E-state index in [1.807, 2.05) is 0 Å². The summed E-state index contributed by atoms with van der Waals surface area (Å²) in [5, 5.41) is 19.5. The van der Waals surface area contributed by atoms with Crippen molar-refractivity contribution in [2.24, 2.45) is 34.5 Å². The van der Waals surface area contributed by atoms with Crippen molar-refractivity contribution in [1.29, 1.82) is 0 Å². The minimum atomic E-state index is -0.637. The minimum absolute atomic E-state index is 0.259. The predicted molar refractivity (Wildman–Crippen MR) is 102 cm³/mol. The van der Waals surface area contributed by atoms with Gasteiger partial charge in [0.15, 0.2) is 0 Å². The summed E-state index contributed by atoms with van der Waals surface area (Å²) in [4.78, 5) is 13.3. The molecular formula is C22H37NO3. The molecule has 8 atom stereocenters. The fourth-order valence-corrected chi connectivity index (χ4v) is 8.19. The number of fused-ring (bicyclic) bond motifs is 5. The smallest absolute Gasteiger partial charge is 0.303 e. The molecule has 1 heterocycles. The predicted octanol–water partition coefficient (Wildman–Crippen LogP) is 4.12. The lowest BCUT2D eigenvalue weighted by Crippen LogP contribution is -2.62. The molecule has 4 nitrogen and oxygen atoms in total. The third kappa shape index (κ3) is 2.66. The number of carboxylic acid groups (broad SMARTS) is 1. The Bertz CT molecular complexity index is 566. The highest BCUT2D eigenvalue weighted by atomic mass is 16.4. The molecule has 4 aliphatic rings. The molecule has 4 fully saturated rings. The minimum Gasteiger partial charge on any atom is -0.481 e. The monoisotopic (exact) mass is 363 g/mol. The molecule has 3 aliphatic carbocycles. The maximum atomic E-state index is 11.1. The van der Waals surface area contributed by atoms with Gasteiger partial charge in [-0.05, 0) is 99.3 Å². The van der Waals surface area contributed by atoms with Crippen molar-refractivity contribution < 1.29 is 15.0 Å². The van der Waals surface area contributed by atoms with Crippen LogP contribution >= 0.6 is 0 Å². The number of rotatable bonds is 3. The number of aliphatic hydroxyl groups is 1. The van der Waals surface area contributed by atoms with Crippen molar-refractivity contribution in [2.45, 2.75) is 90.3 Å². The second-order valence-corrected chi connectivity index (χ2v) is 10.4. The van der Waals surface area contributed by atoms with Crippen LogP contribution in [0.4, 0.5) is 0 Å². The molecule has 4 unspecified atom stereocenters. The van der Waals surface area contributed by atoms with Gasteiger partial charge in [-0.15, -0.1) is 0 Å². The summed E-state index contributed by atoms with van der Waals surface area (Å²) in [5.74, 6) is 2.35. The van der Waals surface area contributed by atoms with Gasteiger partial charge in [0.2, 0.25) is 0 Å². The van der Waals surface area contributed by atoms with Crippen molar-refractivity contribution in [1.82, 2.24) is 4.90 Å². The largest absolute Gasteiger partial charge is 0.481 e. The Labute approximate surface area is 158 Å². The molecule has 0 amide bonds. The topological polar surface area (TPSA) is 60.8 Å². The molecule has 1 aliphatic heterocycles. The Balaban J connectivity index is 1.54. The highest BCUT2D eigenvalue weighted by Gasteiger charge is 2.60. The summed E-state index contributed by atoms with van der Waals surface area (Å²) < 4.78 is 0. The van der Waals surface area contributed by atoms with Crippen LogP contribution in [0.15, 0.2) is 0 Å². The Kier molecular flexibility index (Phi) is 4.67. The van der Waals surface area contributed by atoms with Crippen molar-refractivity contribution in [3.63, 3.8) is 0 Å². The zero-order valence-electron chi connectivity index (χ0n) is 16.8. The van der Waals surface area contributed by atoms with Gasteiger partial charge in [-0.1, -0.05) is 13.8 Å². The van der Waals surface area contributed by atoms with Crippen LogP contribution in [0, 0.1) is 34.5 Å². The number of carbonyl (C=O) groups is 1. The SMILES string of the molecule is CN1C(O)CC[C@]2(C)C3CC[C@@]4(C)C(CC[C@@H]4CCC(=O)O)C3CC[C@@H]12. The second-order valence-electron chi connectivity index (χ2n) is 10.4. The number of piperidine rings is 1. The van der Waals surface area contributed by atoms with Crippen LogP contribution < -0.4 is 0 Å². The molecule has 1 saturated heterocycles. The molecule has 2 N–H and O–H groups in total. The lowest BCUT2D eigenvalue weighted by Gasteiger charge is -2.62. The molecule has 4 heteroatoms. The fraction of sp³-hybridized carbons (Fsp3) is 0.955. The van der Waals surface area contributed by atoms with Crippen molar-refractivity contribution in [3.8, 4) is 0 Å². The molecule has 0 aromatic heterocycles. The Morgan fingerprint density at radius 2 is 1.69 bits per heavy atom. The van der Waals surface area contributed by atoms with E-state index < -0.39 is 5.97 Å². The van der Waals surface area contributed by atoms with Gasteiger partial charge in [0.25, 0.3) is 0 Å². The highest BCUT2D eigenvalue weighted by Crippen LogP contribution is 2.66. The summed E-state index contributed by atoms with van der Waals surface area (Å²) in [5.41, 5.74) is 0.706. The van der Waals surface area contributed by atoms with Gasteiger partial charge in [0.05, 0.1) is 0 Å². The molecule has 26 heavy (non-hydrogen) atoms.